The van der Waals surface area contributed by atoms with Crippen LogP contribution in [-0.4, -0.2) is 11.1 Å². The molecule has 1 heterocycles. The highest BCUT2D eigenvalue weighted by Crippen LogP contribution is 2.45. The zero-order valence-electron chi connectivity index (χ0n) is 19.1. The van der Waals surface area contributed by atoms with Crippen LogP contribution in [0.15, 0.2) is 48.5 Å². The van der Waals surface area contributed by atoms with E-state index in [0.29, 0.717) is 25.0 Å². The number of hydrogen-bond acceptors (Lipinski definition) is 3. The van der Waals surface area contributed by atoms with Crippen molar-refractivity contribution in [1.29, 1.82) is 0 Å². The first-order valence-corrected chi connectivity index (χ1v) is 12.3. The Hall–Kier alpha value is -3.07. The van der Waals surface area contributed by atoms with Gasteiger partial charge in [-0.15, -0.1) is 11.3 Å². The number of alkyl halides is 2. The van der Waals surface area contributed by atoms with Crippen LogP contribution >= 0.6 is 11.3 Å². The number of aromatic nitrogens is 1. The molecule has 0 radical (unpaired) electrons. The van der Waals surface area contributed by atoms with Crippen LogP contribution in [0.25, 0.3) is 21.3 Å². The lowest BCUT2D eigenvalue weighted by atomic mass is 9.81. The highest BCUT2D eigenvalue weighted by Gasteiger charge is 2.44. The second-order valence-corrected chi connectivity index (χ2v) is 10.2. The van der Waals surface area contributed by atoms with E-state index in [1.54, 1.807) is 11.3 Å². The van der Waals surface area contributed by atoms with Gasteiger partial charge in [0.1, 0.15) is 11.6 Å². The molecule has 1 aliphatic carbocycles. The molecule has 1 saturated carbocycles. The molecule has 188 valence electrons. The minimum atomic E-state index is -3.53. The number of ether oxygens (including phenoxy) is 1. The predicted molar refractivity (Wildman–Crippen MR) is 126 cm³/mol. The number of halogens is 6. The summed E-state index contributed by atoms with van der Waals surface area (Å²) in [6, 6.07) is 10.2. The normalized spacial score (nSPS) is 18.5. The third kappa shape index (κ3) is 4.81. The van der Waals surface area contributed by atoms with E-state index in [4.69, 9.17) is 4.74 Å². The summed E-state index contributed by atoms with van der Waals surface area (Å²) in [5.74, 6) is -7.01. The number of rotatable bonds is 5. The summed E-state index contributed by atoms with van der Waals surface area (Å²) in [5, 5.41) is 0.949. The van der Waals surface area contributed by atoms with Crippen molar-refractivity contribution in [1.82, 2.24) is 4.98 Å². The third-order valence-electron chi connectivity index (χ3n) is 6.60. The molecule has 0 amide bonds. The van der Waals surface area contributed by atoms with E-state index in [1.807, 2.05) is 19.1 Å². The summed E-state index contributed by atoms with van der Waals surface area (Å²) >= 11 is 1.59. The van der Waals surface area contributed by atoms with Crippen LogP contribution in [0.4, 0.5) is 26.3 Å². The van der Waals surface area contributed by atoms with Crippen molar-refractivity contribution in [3.8, 4) is 16.9 Å². The van der Waals surface area contributed by atoms with Crippen LogP contribution in [0.3, 0.4) is 0 Å². The van der Waals surface area contributed by atoms with Crippen LogP contribution in [0.5, 0.6) is 5.75 Å². The standard InChI is InChI=1S/C27H21F6NOS/c1-14-2-9-23-24(10-14)36-26(34-23)15-3-5-17(6-4-15)27(32,33)35-18-7-8-19(20(28)13-18)16-11-21(29)25(31)22(30)12-16/h2,7-13,15,17H,3-6H2,1H3. The van der Waals surface area contributed by atoms with Gasteiger partial charge in [0, 0.05) is 17.5 Å². The lowest BCUT2D eigenvalue weighted by molar-refractivity contribution is -0.222. The Morgan fingerprint density at radius 3 is 2.22 bits per heavy atom. The van der Waals surface area contributed by atoms with E-state index in [1.165, 1.54) is 0 Å². The van der Waals surface area contributed by atoms with Crippen molar-refractivity contribution >= 4 is 21.6 Å². The topological polar surface area (TPSA) is 22.1 Å². The molecule has 0 N–H and O–H groups in total. The summed E-state index contributed by atoms with van der Waals surface area (Å²) < 4.78 is 90.7. The molecular weight excluding hydrogens is 500 g/mol. The molecule has 0 aliphatic heterocycles. The summed E-state index contributed by atoms with van der Waals surface area (Å²) in [7, 11) is 0. The van der Waals surface area contributed by atoms with Crippen molar-refractivity contribution in [2.45, 2.75) is 44.6 Å². The molecule has 1 aliphatic rings. The Morgan fingerprint density at radius 1 is 0.861 bits per heavy atom. The van der Waals surface area contributed by atoms with Gasteiger partial charge in [-0.1, -0.05) is 6.07 Å². The number of thiazole rings is 1. The van der Waals surface area contributed by atoms with Gasteiger partial charge in [-0.3, -0.25) is 0 Å². The number of fused-ring (bicyclic) bond motifs is 1. The highest BCUT2D eigenvalue weighted by molar-refractivity contribution is 7.18. The summed E-state index contributed by atoms with van der Waals surface area (Å²) in [6.45, 7) is 2.01. The van der Waals surface area contributed by atoms with Gasteiger partial charge >= 0.3 is 6.11 Å². The number of aryl methyl sites for hydroxylation is 1. The van der Waals surface area contributed by atoms with Crippen LogP contribution in [-0.2, 0) is 0 Å². The van der Waals surface area contributed by atoms with Gasteiger partial charge in [0.05, 0.1) is 21.1 Å². The largest absolute Gasteiger partial charge is 0.432 e. The van der Waals surface area contributed by atoms with Crippen molar-refractivity contribution < 1.29 is 31.1 Å². The highest BCUT2D eigenvalue weighted by atomic mass is 32.1. The molecule has 5 rings (SSSR count). The van der Waals surface area contributed by atoms with Crippen molar-refractivity contribution in [3.63, 3.8) is 0 Å². The molecule has 1 fully saturated rings. The molecule has 0 atom stereocenters. The first-order valence-electron chi connectivity index (χ1n) is 11.5. The van der Waals surface area contributed by atoms with Gasteiger partial charge in [-0.25, -0.2) is 22.5 Å². The second-order valence-electron chi connectivity index (χ2n) is 9.13. The SMILES string of the molecule is Cc1ccc2nc(C3CCC(C(F)(F)Oc4ccc(-c5cc(F)c(F)c(F)c5)c(F)c4)CC3)sc2c1. The molecule has 3 aromatic carbocycles. The summed E-state index contributed by atoms with van der Waals surface area (Å²) in [4.78, 5) is 4.68. The quantitative estimate of drug-likeness (QED) is 0.193. The van der Waals surface area contributed by atoms with Gasteiger partial charge in [-0.2, -0.15) is 8.78 Å². The lowest BCUT2D eigenvalue weighted by Gasteiger charge is -2.32. The zero-order valence-corrected chi connectivity index (χ0v) is 19.9. The summed E-state index contributed by atoms with van der Waals surface area (Å²) in [6.07, 6.45) is -2.00. The molecule has 0 unspecified atom stereocenters. The minimum Gasteiger partial charge on any atom is -0.432 e. The second kappa shape index (κ2) is 9.42. The molecule has 0 saturated heterocycles. The van der Waals surface area contributed by atoms with Gasteiger partial charge in [-0.05, 0) is 80.1 Å². The fourth-order valence-corrected chi connectivity index (χ4v) is 5.88. The van der Waals surface area contributed by atoms with Crippen LogP contribution in [0, 0.1) is 36.1 Å². The van der Waals surface area contributed by atoms with Gasteiger partial charge in [0.15, 0.2) is 17.5 Å². The smallest absolute Gasteiger partial charge is 0.400 e. The van der Waals surface area contributed by atoms with E-state index in [9.17, 15) is 26.3 Å². The summed E-state index contributed by atoms with van der Waals surface area (Å²) in [5.41, 5.74) is 1.52. The molecule has 0 bridgehead atoms. The van der Waals surface area contributed by atoms with E-state index >= 15 is 0 Å². The lowest BCUT2D eigenvalue weighted by Crippen LogP contribution is -2.37. The Morgan fingerprint density at radius 2 is 1.56 bits per heavy atom. The van der Waals surface area contributed by atoms with E-state index in [-0.39, 0.29) is 29.9 Å². The molecule has 36 heavy (non-hydrogen) atoms. The van der Waals surface area contributed by atoms with Crippen molar-refractivity contribution in [2.75, 3.05) is 0 Å². The van der Waals surface area contributed by atoms with Crippen LogP contribution < -0.4 is 4.74 Å². The zero-order chi connectivity index (χ0) is 25.6. The molecular formula is C27H21F6NOS. The Bertz CT molecular complexity index is 1400. The molecule has 9 heteroatoms. The average Bonchev–Trinajstić information content (AvgIpc) is 3.25. The number of benzene rings is 3. The maximum atomic E-state index is 14.9. The Labute approximate surface area is 207 Å². The Kier molecular flexibility index (Phi) is 6.44. The fraction of sp³-hybridized carbons (Fsp3) is 0.296. The Balaban J connectivity index is 1.26. The van der Waals surface area contributed by atoms with Crippen LogP contribution in [0.1, 0.15) is 42.2 Å². The van der Waals surface area contributed by atoms with Gasteiger partial charge in [0.25, 0.3) is 0 Å². The third-order valence-corrected chi connectivity index (χ3v) is 7.78. The maximum absolute atomic E-state index is 14.9. The number of hydrogen-bond donors (Lipinski definition) is 0. The van der Waals surface area contributed by atoms with Crippen molar-refractivity contribution in [3.05, 3.63) is 82.4 Å². The van der Waals surface area contributed by atoms with Crippen LogP contribution in [0.2, 0.25) is 0 Å². The van der Waals surface area contributed by atoms with E-state index in [0.717, 1.165) is 39.0 Å². The van der Waals surface area contributed by atoms with Crippen molar-refractivity contribution in [2.24, 2.45) is 5.92 Å². The fourth-order valence-electron chi connectivity index (χ4n) is 4.65. The number of nitrogens with zero attached hydrogens (tertiary/aromatic N) is 1. The molecule has 4 aromatic rings. The van der Waals surface area contributed by atoms with E-state index in [2.05, 4.69) is 11.1 Å². The first kappa shape index (κ1) is 24.6. The predicted octanol–water partition coefficient (Wildman–Crippen LogP) is 8.77. The molecule has 1 aromatic heterocycles. The minimum absolute atomic E-state index is 0.1000. The molecule has 0 spiro atoms. The van der Waals surface area contributed by atoms with Gasteiger partial charge < -0.3 is 4.74 Å². The van der Waals surface area contributed by atoms with Gasteiger partial charge in [0.2, 0.25) is 0 Å². The van der Waals surface area contributed by atoms with E-state index < -0.39 is 41.0 Å². The first-order chi connectivity index (χ1) is 17.1. The monoisotopic (exact) mass is 521 g/mol. The maximum Gasteiger partial charge on any atom is 0.400 e. The average molecular weight is 522 g/mol. The molecule has 2 nitrogen and oxygen atoms in total.